The number of amides is 1. The summed E-state index contributed by atoms with van der Waals surface area (Å²) in [7, 11) is 0. The van der Waals surface area contributed by atoms with Crippen LogP contribution in [0.3, 0.4) is 0 Å². The number of carbonyl (C=O) groups excluding carboxylic acids is 1. The van der Waals surface area contributed by atoms with Crippen molar-refractivity contribution in [1.29, 1.82) is 0 Å². The predicted molar refractivity (Wildman–Crippen MR) is 88.4 cm³/mol. The van der Waals surface area contributed by atoms with Crippen LogP contribution in [-0.2, 0) is 0 Å². The van der Waals surface area contributed by atoms with Gasteiger partial charge in [0, 0.05) is 17.8 Å². The van der Waals surface area contributed by atoms with Crippen molar-refractivity contribution in [2.75, 3.05) is 11.4 Å². The van der Waals surface area contributed by atoms with Gasteiger partial charge in [-0.3, -0.25) is 4.79 Å². The Balaban J connectivity index is 2.19. The Morgan fingerprint density at radius 3 is 2.32 bits per heavy atom. The third-order valence-corrected chi connectivity index (χ3v) is 3.02. The van der Waals surface area contributed by atoms with Gasteiger partial charge in [0.2, 0.25) is 0 Å². The molecular weight excluding hydrogens is 276 g/mol. The van der Waals surface area contributed by atoms with Crippen molar-refractivity contribution in [2.45, 2.75) is 33.2 Å². The van der Waals surface area contributed by atoms with E-state index in [9.17, 15) is 4.79 Å². The first-order valence-corrected chi connectivity index (χ1v) is 7.38. The van der Waals surface area contributed by atoms with E-state index in [4.69, 9.17) is 0 Å². The summed E-state index contributed by atoms with van der Waals surface area (Å²) in [5.74, 6) is 0.510. The Hall–Kier alpha value is -2.43. The van der Waals surface area contributed by atoms with Gasteiger partial charge < -0.3 is 10.2 Å². The molecule has 0 saturated carbocycles. The first-order valence-electron chi connectivity index (χ1n) is 7.38. The van der Waals surface area contributed by atoms with Gasteiger partial charge in [0.25, 0.3) is 5.91 Å². The lowest BCUT2D eigenvalue weighted by Gasteiger charge is -2.22. The SMILES string of the molecule is CCN(c1ccccc1)c1cnc(C(=O)NC(C)(C)C)cn1. The van der Waals surface area contributed by atoms with Crippen LogP contribution in [0.5, 0.6) is 0 Å². The van der Waals surface area contributed by atoms with Crippen molar-refractivity contribution >= 4 is 17.4 Å². The molecule has 2 aromatic rings. The number of carbonyl (C=O) groups is 1. The number of rotatable bonds is 4. The van der Waals surface area contributed by atoms with E-state index >= 15 is 0 Å². The Morgan fingerprint density at radius 2 is 1.82 bits per heavy atom. The zero-order valence-corrected chi connectivity index (χ0v) is 13.5. The van der Waals surface area contributed by atoms with Gasteiger partial charge in [-0.2, -0.15) is 0 Å². The number of hydrogen-bond donors (Lipinski definition) is 1. The Bertz CT molecular complexity index is 617. The van der Waals surface area contributed by atoms with Crippen molar-refractivity contribution in [1.82, 2.24) is 15.3 Å². The molecule has 0 unspecified atom stereocenters. The van der Waals surface area contributed by atoms with E-state index in [-0.39, 0.29) is 11.4 Å². The largest absolute Gasteiger partial charge is 0.346 e. The van der Waals surface area contributed by atoms with Gasteiger partial charge in [-0.25, -0.2) is 9.97 Å². The summed E-state index contributed by atoms with van der Waals surface area (Å²) in [6.07, 6.45) is 3.15. The highest BCUT2D eigenvalue weighted by Crippen LogP contribution is 2.21. The van der Waals surface area contributed by atoms with Crippen LogP contribution in [0.15, 0.2) is 42.7 Å². The van der Waals surface area contributed by atoms with Gasteiger partial charge in [-0.05, 0) is 39.8 Å². The second-order valence-corrected chi connectivity index (χ2v) is 6.04. The van der Waals surface area contributed by atoms with Crippen LogP contribution in [0.1, 0.15) is 38.2 Å². The normalized spacial score (nSPS) is 11.1. The van der Waals surface area contributed by atoms with Crippen molar-refractivity contribution in [3.63, 3.8) is 0 Å². The van der Waals surface area contributed by atoms with E-state index in [0.717, 1.165) is 18.1 Å². The van der Waals surface area contributed by atoms with Crippen LogP contribution in [0.4, 0.5) is 11.5 Å². The second kappa shape index (κ2) is 6.56. The van der Waals surface area contributed by atoms with Crippen molar-refractivity contribution < 1.29 is 4.79 Å². The summed E-state index contributed by atoms with van der Waals surface area (Å²) in [6, 6.07) is 9.98. The monoisotopic (exact) mass is 298 g/mol. The van der Waals surface area contributed by atoms with Gasteiger partial charge in [0.05, 0.1) is 12.4 Å². The molecule has 1 amide bonds. The predicted octanol–water partition coefficient (Wildman–Crippen LogP) is 3.16. The molecule has 0 radical (unpaired) electrons. The highest BCUT2D eigenvalue weighted by atomic mass is 16.2. The van der Waals surface area contributed by atoms with Crippen molar-refractivity contribution in [2.24, 2.45) is 0 Å². The molecule has 116 valence electrons. The van der Waals surface area contributed by atoms with E-state index in [0.29, 0.717) is 5.69 Å². The highest BCUT2D eigenvalue weighted by molar-refractivity contribution is 5.92. The van der Waals surface area contributed by atoms with Crippen molar-refractivity contribution in [3.8, 4) is 0 Å². The summed E-state index contributed by atoms with van der Waals surface area (Å²) in [6.45, 7) is 8.61. The number of hydrogen-bond acceptors (Lipinski definition) is 4. The molecule has 0 aliphatic heterocycles. The smallest absolute Gasteiger partial charge is 0.271 e. The maximum absolute atomic E-state index is 12.1. The topological polar surface area (TPSA) is 58.1 Å². The lowest BCUT2D eigenvalue weighted by molar-refractivity contribution is 0.0914. The third-order valence-electron chi connectivity index (χ3n) is 3.02. The molecule has 0 fully saturated rings. The molecule has 0 atom stereocenters. The Labute approximate surface area is 131 Å². The Morgan fingerprint density at radius 1 is 1.14 bits per heavy atom. The lowest BCUT2D eigenvalue weighted by Crippen LogP contribution is -2.41. The molecule has 5 heteroatoms. The fourth-order valence-electron chi connectivity index (χ4n) is 2.07. The molecule has 0 bridgehead atoms. The maximum atomic E-state index is 12.1. The van der Waals surface area contributed by atoms with E-state index in [1.165, 1.54) is 6.20 Å². The molecule has 2 rings (SSSR count). The minimum absolute atomic E-state index is 0.214. The summed E-state index contributed by atoms with van der Waals surface area (Å²) in [4.78, 5) is 22.7. The quantitative estimate of drug-likeness (QED) is 0.942. The van der Waals surface area contributed by atoms with Crippen LogP contribution in [0, 0.1) is 0 Å². The summed E-state index contributed by atoms with van der Waals surface area (Å²) in [5, 5.41) is 2.87. The third kappa shape index (κ3) is 4.04. The van der Waals surface area contributed by atoms with E-state index in [1.54, 1.807) is 6.20 Å². The van der Waals surface area contributed by atoms with Crippen LogP contribution in [0.2, 0.25) is 0 Å². The zero-order chi connectivity index (χ0) is 16.2. The minimum Gasteiger partial charge on any atom is -0.346 e. The number of nitrogens with zero attached hydrogens (tertiary/aromatic N) is 3. The molecule has 0 aliphatic carbocycles. The van der Waals surface area contributed by atoms with Crippen LogP contribution in [0.25, 0.3) is 0 Å². The second-order valence-electron chi connectivity index (χ2n) is 6.04. The van der Waals surface area contributed by atoms with E-state index in [2.05, 4.69) is 22.2 Å². The number of para-hydroxylation sites is 1. The Kier molecular flexibility index (Phi) is 4.75. The molecule has 22 heavy (non-hydrogen) atoms. The average molecular weight is 298 g/mol. The molecule has 5 nitrogen and oxygen atoms in total. The summed E-state index contributed by atoms with van der Waals surface area (Å²) in [5.41, 5.74) is 1.07. The minimum atomic E-state index is -0.295. The maximum Gasteiger partial charge on any atom is 0.271 e. The summed E-state index contributed by atoms with van der Waals surface area (Å²) >= 11 is 0. The van der Waals surface area contributed by atoms with Crippen LogP contribution in [-0.4, -0.2) is 28.0 Å². The number of benzene rings is 1. The van der Waals surface area contributed by atoms with E-state index in [1.807, 2.05) is 56.0 Å². The highest BCUT2D eigenvalue weighted by Gasteiger charge is 2.17. The summed E-state index contributed by atoms with van der Waals surface area (Å²) < 4.78 is 0. The standard InChI is InChI=1S/C17H22N4O/c1-5-21(13-9-7-6-8-10-13)15-12-18-14(11-19-15)16(22)20-17(2,3)4/h6-12H,5H2,1-4H3,(H,20,22). The number of aromatic nitrogens is 2. The molecule has 1 aromatic carbocycles. The van der Waals surface area contributed by atoms with Gasteiger partial charge in [0.15, 0.2) is 5.82 Å². The molecule has 1 aromatic heterocycles. The first-order chi connectivity index (χ1) is 10.4. The number of nitrogens with one attached hydrogen (secondary N) is 1. The first kappa shape index (κ1) is 15.9. The lowest BCUT2D eigenvalue weighted by atomic mass is 10.1. The van der Waals surface area contributed by atoms with Gasteiger partial charge in [-0.15, -0.1) is 0 Å². The van der Waals surface area contributed by atoms with Crippen molar-refractivity contribution in [3.05, 3.63) is 48.4 Å². The average Bonchev–Trinajstić information content (AvgIpc) is 2.48. The zero-order valence-electron chi connectivity index (χ0n) is 13.5. The van der Waals surface area contributed by atoms with Crippen LogP contribution < -0.4 is 10.2 Å². The number of anilines is 2. The van der Waals surface area contributed by atoms with Gasteiger partial charge >= 0.3 is 0 Å². The van der Waals surface area contributed by atoms with E-state index < -0.39 is 0 Å². The fourth-order valence-corrected chi connectivity index (χ4v) is 2.07. The van der Waals surface area contributed by atoms with Crippen LogP contribution >= 0.6 is 0 Å². The molecular formula is C17H22N4O. The molecule has 0 aliphatic rings. The van der Waals surface area contributed by atoms with Gasteiger partial charge in [-0.1, -0.05) is 18.2 Å². The molecule has 1 heterocycles. The fraction of sp³-hybridized carbons (Fsp3) is 0.353. The molecule has 0 spiro atoms. The molecule has 1 N–H and O–H groups in total. The molecule has 0 saturated heterocycles. The van der Waals surface area contributed by atoms with Gasteiger partial charge in [0.1, 0.15) is 5.69 Å².